The highest BCUT2D eigenvalue weighted by Gasteiger charge is 2.13. The molecule has 0 aliphatic carbocycles. The Hall–Kier alpha value is -2.56. The fourth-order valence-corrected chi connectivity index (χ4v) is 3.73. The van der Waals surface area contributed by atoms with Crippen molar-refractivity contribution in [1.82, 2.24) is 15.6 Å². The molecule has 5 nitrogen and oxygen atoms in total. The largest absolute Gasteiger partial charge is 0.357 e. The summed E-state index contributed by atoms with van der Waals surface area (Å²) >= 11 is 0. The molecule has 2 aromatic rings. The summed E-state index contributed by atoms with van der Waals surface area (Å²) in [6.45, 7) is 11.0. The fourth-order valence-electron chi connectivity index (χ4n) is 3.73. The minimum atomic E-state index is 0.655. The zero-order valence-corrected chi connectivity index (χ0v) is 17.5. The Labute approximate surface area is 169 Å². The summed E-state index contributed by atoms with van der Waals surface area (Å²) in [6.07, 6.45) is 5.41. The SMILES string of the molecule is CCNC(=NCc1ccnc(N2CCCC2)c1)NCCc1cc(C)cc(C)c1. The molecule has 1 aliphatic rings. The van der Waals surface area contributed by atoms with Crippen LogP contribution in [0.2, 0.25) is 0 Å². The van der Waals surface area contributed by atoms with E-state index in [-0.39, 0.29) is 0 Å². The molecular weight excluding hydrogens is 346 g/mol. The van der Waals surface area contributed by atoms with Crippen LogP contribution in [0.15, 0.2) is 41.5 Å². The average Bonchev–Trinajstić information content (AvgIpc) is 3.20. The predicted octanol–water partition coefficient (Wildman–Crippen LogP) is 3.60. The van der Waals surface area contributed by atoms with Gasteiger partial charge in [-0.25, -0.2) is 9.98 Å². The Kier molecular flexibility index (Phi) is 7.29. The van der Waals surface area contributed by atoms with Gasteiger partial charge in [0.2, 0.25) is 0 Å². The first-order valence-electron chi connectivity index (χ1n) is 10.4. The number of nitrogens with one attached hydrogen (secondary N) is 2. The lowest BCUT2D eigenvalue weighted by atomic mass is 10.1. The average molecular weight is 380 g/mol. The van der Waals surface area contributed by atoms with Crippen LogP contribution in [0.5, 0.6) is 0 Å². The molecule has 2 N–H and O–H groups in total. The Morgan fingerprint density at radius 2 is 1.79 bits per heavy atom. The molecule has 0 bridgehead atoms. The van der Waals surface area contributed by atoms with Gasteiger partial charge in [-0.15, -0.1) is 0 Å². The Balaban J connectivity index is 1.57. The number of aromatic nitrogens is 1. The van der Waals surface area contributed by atoms with Gasteiger partial charge in [-0.1, -0.05) is 29.3 Å². The van der Waals surface area contributed by atoms with Gasteiger partial charge in [0.05, 0.1) is 6.54 Å². The van der Waals surface area contributed by atoms with Crippen molar-refractivity contribution in [3.63, 3.8) is 0 Å². The van der Waals surface area contributed by atoms with Crippen LogP contribution < -0.4 is 15.5 Å². The number of rotatable bonds is 7. The third-order valence-corrected chi connectivity index (χ3v) is 4.99. The van der Waals surface area contributed by atoms with Crippen LogP contribution in [0, 0.1) is 13.8 Å². The van der Waals surface area contributed by atoms with Crippen molar-refractivity contribution in [2.45, 2.75) is 46.6 Å². The number of nitrogens with zero attached hydrogens (tertiary/aromatic N) is 3. The summed E-state index contributed by atoms with van der Waals surface area (Å²) in [7, 11) is 0. The van der Waals surface area contributed by atoms with E-state index in [0.717, 1.165) is 44.4 Å². The molecule has 28 heavy (non-hydrogen) atoms. The number of aliphatic imine (C=N–C) groups is 1. The van der Waals surface area contributed by atoms with Crippen LogP contribution in [0.3, 0.4) is 0 Å². The number of pyridine rings is 1. The molecule has 1 saturated heterocycles. The molecule has 0 spiro atoms. The van der Waals surface area contributed by atoms with Crippen molar-refractivity contribution in [3.05, 3.63) is 58.8 Å². The van der Waals surface area contributed by atoms with Crippen molar-refractivity contribution >= 4 is 11.8 Å². The molecule has 0 amide bonds. The van der Waals surface area contributed by atoms with Crippen LogP contribution >= 0.6 is 0 Å². The van der Waals surface area contributed by atoms with E-state index in [0.29, 0.717) is 6.54 Å². The Bertz CT molecular complexity index is 773. The van der Waals surface area contributed by atoms with Crippen molar-refractivity contribution in [3.8, 4) is 0 Å². The highest BCUT2D eigenvalue weighted by atomic mass is 15.2. The predicted molar refractivity (Wildman–Crippen MR) is 118 cm³/mol. The van der Waals surface area contributed by atoms with Gasteiger partial charge >= 0.3 is 0 Å². The zero-order chi connectivity index (χ0) is 19.8. The van der Waals surface area contributed by atoms with Crippen LogP contribution in [-0.2, 0) is 13.0 Å². The molecule has 5 heteroatoms. The van der Waals surface area contributed by atoms with E-state index in [2.05, 4.69) is 71.6 Å². The second-order valence-electron chi connectivity index (χ2n) is 7.58. The van der Waals surface area contributed by atoms with Crippen molar-refractivity contribution < 1.29 is 0 Å². The first kappa shape index (κ1) is 20.2. The highest BCUT2D eigenvalue weighted by Crippen LogP contribution is 2.18. The summed E-state index contributed by atoms with van der Waals surface area (Å²) in [5, 5.41) is 6.81. The van der Waals surface area contributed by atoms with Gasteiger partial charge < -0.3 is 15.5 Å². The number of guanidine groups is 1. The minimum Gasteiger partial charge on any atom is -0.357 e. The summed E-state index contributed by atoms with van der Waals surface area (Å²) < 4.78 is 0. The molecule has 0 radical (unpaired) electrons. The van der Waals surface area contributed by atoms with Gasteiger partial charge in [-0.2, -0.15) is 0 Å². The smallest absolute Gasteiger partial charge is 0.191 e. The van der Waals surface area contributed by atoms with Gasteiger partial charge in [-0.05, 0) is 63.3 Å². The molecule has 0 saturated carbocycles. The minimum absolute atomic E-state index is 0.655. The summed E-state index contributed by atoms with van der Waals surface area (Å²) in [5.41, 5.74) is 5.21. The second-order valence-corrected chi connectivity index (χ2v) is 7.58. The normalized spacial score (nSPS) is 14.4. The molecule has 1 aliphatic heterocycles. The maximum atomic E-state index is 4.77. The van der Waals surface area contributed by atoms with Crippen LogP contribution in [-0.4, -0.2) is 37.1 Å². The van der Waals surface area contributed by atoms with Crippen LogP contribution in [0.4, 0.5) is 5.82 Å². The number of hydrogen-bond acceptors (Lipinski definition) is 3. The van der Waals surface area contributed by atoms with Gasteiger partial charge in [-0.3, -0.25) is 0 Å². The maximum absolute atomic E-state index is 4.77. The molecule has 1 aromatic heterocycles. The van der Waals surface area contributed by atoms with Gasteiger partial charge in [0.1, 0.15) is 5.82 Å². The van der Waals surface area contributed by atoms with Crippen molar-refractivity contribution in [2.75, 3.05) is 31.1 Å². The Morgan fingerprint density at radius 1 is 1.04 bits per heavy atom. The first-order chi connectivity index (χ1) is 13.6. The first-order valence-corrected chi connectivity index (χ1v) is 10.4. The number of anilines is 1. The summed E-state index contributed by atoms with van der Waals surface area (Å²) in [6, 6.07) is 11.0. The van der Waals surface area contributed by atoms with Crippen molar-refractivity contribution in [2.24, 2.45) is 4.99 Å². The van der Waals surface area contributed by atoms with Gasteiger partial charge in [0.25, 0.3) is 0 Å². The van der Waals surface area contributed by atoms with E-state index < -0.39 is 0 Å². The lowest BCUT2D eigenvalue weighted by Gasteiger charge is -2.16. The van der Waals surface area contributed by atoms with Crippen LogP contribution in [0.25, 0.3) is 0 Å². The maximum Gasteiger partial charge on any atom is 0.191 e. The van der Waals surface area contributed by atoms with Crippen LogP contribution in [0.1, 0.15) is 42.0 Å². The summed E-state index contributed by atoms with van der Waals surface area (Å²) in [4.78, 5) is 11.7. The van der Waals surface area contributed by atoms with Gasteiger partial charge in [0.15, 0.2) is 5.96 Å². The number of aryl methyl sites for hydroxylation is 2. The van der Waals surface area contributed by atoms with E-state index in [4.69, 9.17) is 4.99 Å². The van der Waals surface area contributed by atoms with E-state index >= 15 is 0 Å². The monoisotopic (exact) mass is 379 g/mol. The van der Waals surface area contributed by atoms with Gasteiger partial charge in [0, 0.05) is 32.4 Å². The third-order valence-electron chi connectivity index (χ3n) is 4.99. The number of hydrogen-bond donors (Lipinski definition) is 2. The van der Waals surface area contributed by atoms with E-state index in [1.165, 1.54) is 35.1 Å². The molecule has 2 heterocycles. The Morgan fingerprint density at radius 3 is 2.50 bits per heavy atom. The molecular formula is C23H33N5. The highest BCUT2D eigenvalue weighted by molar-refractivity contribution is 5.79. The topological polar surface area (TPSA) is 52.6 Å². The molecule has 0 unspecified atom stereocenters. The lowest BCUT2D eigenvalue weighted by Crippen LogP contribution is -2.38. The number of benzene rings is 1. The molecule has 150 valence electrons. The molecule has 3 rings (SSSR count). The second kappa shape index (κ2) is 10.1. The standard InChI is InChI=1S/C23H33N5/c1-4-24-23(26-10-7-20-14-18(2)13-19(3)15-20)27-17-21-8-9-25-22(16-21)28-11-5-6-12-28/h8-9,13-16H,4-7,10-12,17H2,1-3H3,(H2,24,26,27). The zero-order valence-electron chi connectivity index (χ0n) is 17.5. The summed E-state index contributed by atoms with van der Waals surface area (Å²) in [5.74, 6) is 1.95. The van der Waals surface area contributed by atoms with Crippen molar-refractivity contribution in [1.29, 1.82) is 0 Å². The molecule has 0 atom stereocenters. The lowest BCUT2D eigenvalue weighted by molar-refractivity contribution is 0.798. The van der Waals surface area contributed by atoms with E-state index in [9.17, 15) is 0 Å². The quantitative estimate of drug-likeness (QED) is 0.570. The van der Waals surface area contributed by atoms with E-state index in [1.807, 2.05) is 6.20 Å². The molecule has 1 aromatic carbocycles. The van der Waals surface area contributed by atoms with E-state index in [1.54, 1.807) is 0 Å². The third kappa shape index (κ3) is 5.98. The fraction of sp³-hybridized carbons (Fsp3) is 0.478. The molecule has 1 fully saturated rings.